The minimum absolute atomic E-state index is 0.342. The molecule has 0 spiro atoms. The monoisotopic (exact) mass is 312 g/mol. The van der Waals surface area contributed by atoms with Gasteiger partial charge in [0.2, 0.25) is 0 Å². The lowest BCUT2D eigenvalue weighted by Crippen LogP contribution is -2.12. The van der Waals surface area contributed by atoms with E-state index >= 15 is 0 Å². The van der Waals surface area contributed by atoms with E-state index in [9.17, 15) is 5.11 Å². The van der Waals surface area contributed by atoms with Crippen LogP contribution in [0.5, 0.6) is 5.75 Å². The van der Waals surface area contributed by atoms with Gasteiger partial charge < -0.3 is 9.84 Å². The molecule has 1 aromatic carbocycles. The molecule has 1 aromatic rings. The number of aliphatic hydroxyl groups excluding tert-OH is 1. The predicted octanol–water partition coefficient (Wildman–Crippen LogP) is 4.46. The largest absolute Gasteiger partial charge is 0.496 e. The topological polar surface area (TPSA) is 29.5 Å². The molecule has 1 atom stereocenters. The summed E-state index contributed by atoms with van der Waals surface area (Å²) < 4.78 is 6.13. The van der Waals surface area contributed by atoms with E-state index in [1.54, 1.807) is 7.11 Å². The average Bonchev–Trinajstić information content (AvgIpc) is 2.66. The third-order valence-electron chi connectivity index (χ3n) is 3.86. The summed E-state index contributed by atoms with van der Waals surface area (Å²) in [6.45, 7) is 0. The second-order valence-electron chi connectivity index (χ2n) is 5.09. The zero-order chi connectivity index (χ0) is 13.0. The fourth-order valence-corrected chi connectivity index (χ4v) is 3.32. The molecule has 3 heteroatoms. The number of rotatable bonds is 3. The van der Waals surface area contributed by atoms with Gasteiger partial charge >= 0.3 is 0 Å². The van der Waals surface area contributed by atoms with E-state index < -0.39 is 0 Å². The Labute approximate surface area is 117 Å². The van der Waals surface area contributed by atoms with E-state index in [2.05, 4.69) is 15.9 Å². The fraction of sp³-hybridized carbons (Fsp3) is 0.600. The Kier molecular flexibility index (Phi) is 5.07. The standard InChI is InChI=1S/C15H21BrO2/c1-18-14-9-8-12(10-13(14)16)15(17)11-6-4-2-3-5-7-11/h8-11,15,17H,2-7H2,1H3. The van der Waals surface area contributed by atoms with Crippen molar-refractivity contribution in [3.05, 3.63) is 28.2 Å². The first kappa shape index (κ1) is 13.9. The Morgan fingerprint density at radius 2 is 1.89 bits per heavy atom. The lowest BCUT2D eigenvalue weighted by Gasteiger charge is -2.22. The molecule has 100 valence electrons. The van der Waals surface area contributed by atoms with Crippen LogP contribution in [0.15, 0.2) is 22.7 Å². The predicted molar refractivity (Wildman–Crippen MR) is 76.8 cm³/mol. The van der Waals surface area contributed by atoms with Crippen LogP contribution in [0.1, 0.15) is 50.2 Å². The average molecular weight is 313 g/mol. The molecule has 0 aliphatic heterocycles. The van der Waals surface area contributed by atoms with Crippen molar-refractivity contribution in [1.29, 1.82) is 0 Å². The normalized spacial score (nSPS) is 19.3. The number of halogens is 1. The third-order valence-corrected chi connectivity index (χ3v) is 4.48. The molecule has 0 amide bonds. The van der Waals surface area contributed by atoms with Gasteiger partial charge in [0.05, 0.1) is 17.7 Å². The minimum atomic E-state index is -0.342. The van der Waals surface area contributed by atoms with Gasteiger partial charge in [-0.05, 0) is 52.4 Å². The van der Waals surface area contributed by atoms with Crippen molar-refractivity contribution in [3.8, 4) is 5.75 Å². The molecule has 1 aliphatic carbocycles. The number of benzene rings is 1. The highest BCUT2D eigenvalue weighted by molar-refractivity contribution is 9.10. The van der Waals surface area contributed by atoms with Gasteiger partial charge in [-0.15, -0.1) is 0 Å². The molecule has 0 heterocycles. The second kappa shape index (κ2) is 6.58. The highest BCUT2D eigenvalue weighted by Crippen LogP contribution is 2.36. The Morgan fingerprint density at radius 3 is 2.44 bits per heavy atom. The summed E-state index contributed by atoms with van der Waals surface area (Å²) in [4.78, 5) is 0. The molecule has 0 radical (unpaired) electrons. The van der Waals surface area contributed by atoms with Crippen LogP contribution < -0.4 is 4.74 Å². The van der Waals surface area contributed by atoms with E-state index in [1.807, 2.05) is 18.2 Å². The number of ether oxygens (including phenoxy) is 1. The molecule has 0 bridgehead atoms. The van der Waals surface area contributed by atoms with Crippen molar-refractivity contribution < 1.29 is 9.84 Å². The Morgan fingerprint density at radius 1 is 1.22 bits per heavy atom. The van der Waals surface area contributed by atoms with E-state index in [0.717, 1.165) is 28.6 Å². The molecule has 1 aliphatic rings. The Bertz CT molecular complexity index is 384. The zero-order valence-electron chi connectivity index (χ0n) is 10.9. The van der Waals surface area contributed by atoms with E-state index in [0.29, 0.717) is 5.92 Å². The maximum Gasteiger partial charge on any atom is 0.133 e. The molecular formula is C15H21BrO2. The highest BCUT2D eigenvalue weighted by atomic mass is 79.9. The number of methoxy groups -OCH3 is 1. The summed E-state index contributed by atoms with van der Waals surface area (Å²) in [5.74, 6) is 1.22. The molecule has 1 N–H and O–H groups in total. The first-order chi connectivity index (χ1) is 8.72. The van der Waals surface area contributed by atoms with Gasteiger partial charge in [-0.1, -0.05) is 31.7 Å². The van der Waals surface area contributed by atoms with Gasteiger partial charge in [0.25, 0.3) is 0 Å². The smallest absolute Gasteiger partial charge is 0.133 e. The minimum Gasteiger partial charge on any atom is -0.496 e. The summed E-state index contributed by atoms with van der Waals surface area (Å²) in [6.07, 6.45) is 7.07. The van der Waals surface area contributed by atoms with Gasteiger partial charge in [0, 0.05) is 0 Å². The van der Waals surface area contributed by atoms with E-state index in [-0.39, 0.29) is 6.10 Å². The highest BCUT2D eigenvalue weighted by Gasteiger charge is 2.22. The maximum absolute atomic E-state index is 10.5. The second-order valence-corrected chi connectivity index (χ2v) is 5.94. The Balaban J connectivity index is 2.11. The molecular weight excluding hydrogens is 292 g/mol. The molecule has 1 unspecified atom stereocenters. The first-order valence-electron chi connectivity index (χ1n) is 6.74. The summed E-state index contributed by atoms with van der Waals surface area (Å²) in [7, 11) is 1.65. The van der Waals surface area contributed by atoms with Gasteiger partial charge in [-0.3, -0.25) is 0 Å². The molecule has 0 saturated heterocycles. The van der Waals surface area contributed by atoms with Gasteiger partial charge in [0.15, 0.2) is 0 Å². The SMILES string of the molecule is COc1ccc(C(O)C2CCCCCC2)cc1Br. The summed E-state index contributed by atoms with van der Waals surface area (Å²) in [5, 5.41) is 10.5. The van der Waals surface area contributed by atoms with Crippen LogP contribution >= 0.6 is 15.9 Å². The maximum atomic E-state index is 10.5. The quantitative estimate of drug-likeness (QED) is 0.835. The fourth-order valence-electron chi connectivity index (χ4n) is 2.77. The van der Waals surface area contributed by atoms with E-state index in [4.69, 9.17) is 4.74 Å². The molecule has 18 heavy (non-hydrogen) atoms. The zero-order valence-corrected chi connectivity index (χ0v) is 12.4. The number of aliphatic hydroxyl groups is 1. The third kappa shape index (κ3) is 3.27. The van der Waals surface area contributed by atoms with Crippen LogP contribution in [0.25, 0.3) is 0 Å². The van der Waals surface area contributed by atoms with Crippen LogP contribution in [0.3, 0.4) is 0 Å². The van der Waals surface area contributed by atoms with E-state index in [1.165, 1.54) is 25.7 Å². The molecule has 2 rings (SSSR count). The lowest BCUT2D eigenvalue weighted by atomic mass is 9.89. The molecule has 1 fully saturated rings. The molecule has 2 nitrogen and oxygen atoms in total. The first-order valence-corrected chi connectivity index (χ1v) is 7.53. The van der Waals surface area contributed by atoms with Gasteiger partial charge in [0.1, 0.15) is 5.75 Å². The molecule has 1 saturated carbocycles. The Hall–Kier alpha value is -0.540. The van der Waals surface area contributed by atoms with Crippen molar-refractivity contribution >= 4 is 15.9 Å². The van der Waals surface area contributed by atoms with Crippen molar-refractivity contribution in [2.45, 2.75) is 44.6 Å². The van der Waals surface area contributed by atoms with Crippen LogP contribution in [0.4, 0.5) is 0 Å². The van der Waals surface area contributed by atoms with Crippen LogP contribution in [0.2, 0.25) is 0 Å². The van der Waals surface area contributed by atoms with Gasteiger partial charge in [-0.2, -0.15) is 0 Å². The van der Waals surface area contributed by atoms with Crippen molar-refractivity contribution in [2.24, 2.45) is 5.92 Å². The van der Waals surface area contributed by atoms with Gasteiger partial charge in [-0.25, -0.2) is 0 Å². The van der Waals surface area contributed by atoms with Crippen molar-refractivity contribution in [1.82, 2.24) is 0 Å². The van der Waals surface area contributed by atoms with Crippen LogP contribution in [-0.4, -0.2) is 12.2 Å². The summed E-state index contributed by atoms with van der Waals surface area (Å²) >= 11 is 3.48. The van der Waals surface area contributed by atoms with Crippen molar-refractivity contribution in [2.75, 3.05) is 7.11 Å². The van der Waals surface area contributed by atoms with Crippen LogP contribution in [-0.2, 0) is 0 Å². The van der Waals surface area contributed by atoms with Crippen molar-refractivity contribution in [3.63, 3.8) is 0 Å². The number of hydrogen-bond acceptors (Lipinski definition) is 2. The molecule has 0 aromatic heterocycles. The lowest BCUT2D eigenvalue weighted by molar-refractivity contribution is 0.0987. The van der Waals surface area contributed by atoms with Crippen LogP contribution in [0, 0.1) is 5.92 Å². The summed E-state index contributed by atoms with van der Waals surface area (Å²) in [6, 6.07) is 5.87. The number of hydrogen-bond donors (Lipinski definition) is 1. The summed E-state index contributed by atoms with van der Waals surface area (Å²) in [5.41, 5.74) is 0.995.